The third-order valence-electron chi connectivity index (χ3n) is 4.59. The van der Waals surface area contributed by atoms with E-state index < -0.39 is 0 Å². The second-order valence-corrected chi connectivity index (χ2v) is 6.46. The molecule has 0 aliphatic heterocycles. The quantitative estimate of drug-likeness (QED) is 0.466. The number of hydrogen-bond acceptors (Lipinski definition) is 3. The van der Waals surface area contributed by atoms with E-state index in [-0.39, 0.29) is 11.8 Å². The van der Waals surface area contributed by atoms with Crippen molar-refractivity contribution >= 4 is 34.1 Å². The zero-order valence-corrected chi connectivity index (χ0v) is 15.7. The van der Waals surface area contributed by atoms with Gasteiger partial charge in [0.1, 0.15) is 5.75 Å². The molecule has 0 spiro atoms. The Morgan fingerprint density at radius 1 is 0.793 bits per heavy atom. The number of ether oxygens (including phenoxy) is 1. The maximum atomic E-state index is 12.6. The SMILES string of the molecule is COc1ccc(NC(=O)c2ccc(NC(=O)c3c[nH]c4ccccc34)cc2)cc1. The molecule has 0 fully saturated rings. The van der Waals surface area contributed by atoms with Gasteiger partial charge in [-0.3, -0.25) is 9.59 Å². The topological polar surface area (TPSA) is 83.2 Å². The molecule has 1 aromatic heterocycles. The first-order valence-corrected chi connectivity index (χ1v) is 9.07. The van der Waals surface area contributed by atoms with E-state index in [2.05, 4.69) is 15.6 Å². The largest absolute Gasteiger partial charge is 0.497 e. The summed E-state index contributed by atoms with van der Waals surface area (Å²) in [5.74, 6) is 0.279. The Bertz CT molecular complexity index is 1160. The number of para-hydroxylation sites is 1. The second kappa shape index (κ2) is 7.90. The highest BCUT2D eigenvalue weighted by atomic mass is 16.5. The van der Waals surface area contributed by atoms with Gasteiger partial charge in [0.05, 0.1) is 12.7 Å². The normalized spacial score (nSPS) is 10.5. The number of hydrogen-bond donors (Lipinski definition) is 3. The highest BCUT2D eigenvalue weighted by Gasteiger charge is 2.12. The number of aromatic nitrogens is 1. The van der Waals surface area contributed by atoms with Gasteiger partial charge in [-0.2, -0.15) is 0 Å². The number of carbonyl (C=O) groups excluding carboxylic acids is 2. The molecule has 0 aliphatic rings. The molecule has 0 unspecified atom stereocenters. The van der Waals surface area contributed by atoms with Gasteiger partial charge in [-0.05, 0) is 54.6 Å². The van der Waals surface area contributed by atoms with Crippen molar-refractivity contribution in [2.45, 2.75) is 0 Å². The lowest BCUT2D eigenvalue weighted by Crippen LogP contribution is -2.13. The van der Waals surface area contributed by atoms with Crippen molar-refractivity contribution in [3.8, 4) is 5.75 Å². The molecular weight excluding hydrogens is 366 g/mol. The Morgan fingerprint density at radius 3 is 2.10 bits per heavy atom. The molecule has 0 radical (unpaired) electrons. The highest BCUT2D eigenvalue weighted by Crippen LogP contribution is 2.20. The maximum Gasteiger partial charge on any atom is 0.257 e. The highest BCUT2D eigenvalue weighted by molar-refractivity contribution is 6.13. The van der Waals surface area contributed by atoms with E-state index in [1.54, 1.807) is 61.8 Å². The lowest BCUT2D eigenvalue weighted by Gasteiger charge is -2.08. The first kappa shape index (κ1) is 18.3. The molecule has 6 heteroatoms. The van der Waals surface area contributed by atoms with Crippen LogP contribution in [0.4, 0.5) is 11.4 Å². The Hall–Kier alpha value is -4.06. The van der Waals surface area contributed by atoms with Crippen LogP contribution in [0.2, 0.25) is 0 Å². The minimum absolute atomic E-state index is 0.210. The molecule has 0 aliphatic carbocycles. The molecule has 3 N–H and O–H groups in total. The molecular formula is C23H19N3O3. The number of aromatic amines is 1. The second-order valence-electron chi connectivity index (χ2n) is 6.46. The summed E-state index contributed by atoms with van der Waals surface area (Å²) in [4.78, 5) is 28.1. The molecule has 0 bridgehead atoms. The van der Waals surface area contributed by atoms with Crippen molar-refractivity contribution in [1.82, 2.24) is 4.98 Å². The average Bonchev–Trinajstić information content (AvgIpc) is 3.19. The predicted molar refractivity (Wildman–Crippen MR) is 114 cm³/mol. The Labute approximate surface area is 167 Å². The number of benzene rings is 3. The molecule has 0 atom stereocenters. The van der Waals surface area contributed by atoms with E-state index in [4.69, 9.17) is 4.74 Å². The zero-order chi connectivity index (χ0) is 20.2. The summed E-state index contributed by atoms with van der Waals surface area (Å²) in [6, 6.07) is 21.5. The number of H-pyrrole nitrogens is 1. The van der Waals surface area contributed by atoms with Crippen LogP contribution in [0.5, 0.6) is 5.75 Å². The van der Waals surface area contributed by atoms with Crippen molar-refractivity contribution < 1.29 is 14.3 Å². The number of methoxy groups -OCH3 is 1. The van der Waals surface area contributed by atoms with Crippen LogP contribution in [0.15, 0.2) is 79.0 Å². The molecule has 29 heavy (non-hydrogen) atoms. The number of anilines is 2. The van der Waals surface area contributed by atoms with Gasteiger partial charge in [-0.1, -0.05) is 18.2 Å². The fourth-order valence-corrected chi connectivity index (χ4v) is 3.04. The lowest BCUT2D eigenvalue weighted by atomic mass is 10.1. The molecule has 3 aromatic carbocycles. The van der Waals surface area contributed by atoms with E-state index >= 15 is 0 Å². The molecule has 0 saturated carbocycles. The summed E-state index contributed by atoms with van der Waals surface area (Å²) < 4.78 is 5.10. The monoisotopic (exact) mass is 385 g/mol. The van der Waals surface area contributed by atoms with Crippen LogP contribution in [0, 0.1) is 0 Å². The van der Waals surface area contributed by atoms with Gasteiger partial charge in [0.25, 0.3) is 11.8 Å². The predicted octanol–water partition coefficient (Wildman–Crippen LogP) is 4.68. The number of rotatable bonds is 5. The summed E-state index contributed by atoms with van der Waals surface area (Å²) in [6.07, 6.45) is 1.69. The van der Waals surface area contributed by atoms with Crippen LogP contribution in [0.1, 0.15) is 20.7 Å². The van der Waals surface area contributed by atoms with E-state index in [0.717, 1.165) is 16.7 Å². The first-order valence-electron chi connectivity index (χ1n) is 9.07. The van der Waals surface area contributed by atoms with Gasteiger partial charge in [-0.15, -0.1) is 0 Å². The average molecular weight is 385 g/mol. The number of nitrogens with one attached hydrogen (secondary N) is 3. The summed E-state index contributed by atoms with van der Waals surface area (Å²) >= 11 is 0. The molecule has 144 valence electrons. The number of amides is 2. The third-order valence-corrected chi connectivity index (χ3v) is 4.59. The van der Waals surface area contributed by atoms with Crippen molar-refractivity contribution in [3.05, 3.63) is 90.1 Å². The van der Waals surface area contributed by atoms with Gasteiger partial charge in [0.2, 0.25) is 0 Å². The molecule has 0 saturated heterocycles. The minimum Gasteiger partial charge on any atom is -0.497 e. The van der Waals surface area contributed by atoms with Gasteiger partial charge in [-0.25, -0.2) is 0 Å². The standard InChI is InChI=1S/C23H19N3O3/c1-29-18-12-10-17(11-13-18)25-22(27)15-6-8-16(9-7-15)26-23(28)20-14-24-21-5-3-2-4-19(20)21/h2-14,24H,1H3,(H,25,27)(H,26,28). The molecule has 6 nitrogen and oxygen atoms in total. The fraction of sp³-hybridized carbons (Fsp3) is 0.0435. The van der Waals surface area contributed by atoms with Crippen LogP contribution in [-0.2, 0) is 0 Å². The van der Waals surface area contributed by atoms with Gasteiger partial charge in [0.15, 0.2) is 0 Å². The molecule has 4 rings (SSSR count). The Balaban J connectivity index is 1.43. The fourth-order valence-electron chi connectivity index (χ4n) is 3.04. The Morgan fingerprint density at radius 2 is 1.41 bits per heavy atom. The lowest BCUT2D eigenvalue weighted by molar-refractivity contribution is 0.102. The van der Waals surface area contributed by atoms with Gasteiger partial charge >= 0.3 is 0 Å². The minimum atomic E-state index is -0.232. The number of fused-ring (bicyclic) bond motifs is 1. The van der Waals surface area contributed by atoms with Crippen molar-refractivity contribution in [3.63, 3.8) is 0 Å². The Kier molecular flexibility index (Phi) is 4.99. The van der Waals surface area contributed by atoms with Crippen LogP contribution >= 0.6 is 0 Å². The summed E-state index contributed by atoms with van der Waals surface area (Å²) in [5, 5.41) is 6.55. The van der Waals surface area contributed by atoms with Crippen LogP contribution in [-0.4, -0.2) is 23.9 Å². The smallest absolute Gasteiger partial charge is 0.257 e. The third kappa shape index (κ3) is 3.96. The van der Waals surface area contributed by atoms with E-state index in [1.165, 1.54) is 0 Å². The van der Waals surface area contributed by atoms with Gasteiger partial charge in [0, 0.05) is 34.0 Å². The molecule has 2 amide bonds. The van der Waals surface area contributed by atoms with Crippen LogP contribution in [0.25, 0.3) is 10.9 Å². The van der Waals surface area contributed by atoms with Crippen molar-refractivity contribution in [2.24, 2.45) is 0 Å². The van der Waals surface area contributed by atoms with Crippen molar-refractivity contribution in [2.75, 3.05) is 17.7 Å². The zero-order valence-electron chi connectivity index (χ0n) is 15.7. The number of carbonyl (C=O) groups is 2. The summed E-state index contributed by atoms with van der Waals surface area (Å²) in [6.45, 7) is 0. The van der Waals surface area contributed by atoms with Crippen LogP contribution < -0.4 is 15.4 Å². The first-order chi connectivity index (χ1) is 14.1. The van der Waals surface area contributed by atoms with Crippen molar-refractivity contribution in [1.29, 1.82) is 0 Å². The summed E-state index contributed by atoms with van der Waals surface area (Å²) in [5.41, 5.74) is 3.25. The molecule has 4 aromatic rings. The summed E-state index contributed by atoms with van der Waals surface area (Å²) in [7, 11) is 1.59. The molecule has 1 heterocycles. The van der Waals surface area contributed by atoms with E-state index in [9.17, 15) is 9.59 Å². The maximum absolute atomic E-state index is 12.6. The van der Waals surface area contributed by atoms with Gasteiger partial charge < -0.3 is 20.4 Å². The van der Waals surface area contributed by atoms with E-state index in [1.807, 2.05) is 24.3 Å². The van der Waals surface area contributed by atoms with E-state index in [0.29, 0.717) is 22.5 Å². The van der Waals surface area contributed by atoms with Crippen LogP contribution in [0.3, 0.4) is 0 Å².